The monoisotopic (exact) mass is 242 g/mol. The average molecular weight is 243 g/mol. The van der Waals surface area contributed by atoms with Gasteiger partial charge < -0.3 is 9.47 Å². The van der Waals surface area contributed by atoms with Crippen molar-refractivity contribution in [2.75, 3.05) is 13.7 Å². The van der Waals surface area contributed by atoms with Crippen molar-refractivity contribution in [3.8, 4) is 5.75 Å². The van der Waals surface area contributed by atoms with Gasteiger partial charge in [-0.25, -0.2) is 0 Å². The van der Waals surface area contributed by atoms with Crippen LogP contribution in [0.1, 0.15) is 5.56 Å². The van der Waals surface area contributed by atoms with Crippen molar-refractivity contribution in [2.24, 2.45) is 0 Å². The van der Waals surface area contributed by atoms with Crippen LogP contribution >= 0.6 is 15.9 Å². The molecule has 0 aromatic heterocycles. The van der Waals surface area contributed by atoms with Crippen LogP contribution in [0.3, 0.4) is 0 Å². The van der Waals surface area contributed by atoms with E-state index in [-0.39, 0.29) is 0 Å². The van der Waals surface area contributed by atoms with E-state index in [0.29, 0.717) is 6.10 Å². The number of rotatable bonds is 3. The van der Waals surface area contributed by atoms with Crippen LogP contribution in [0.2, 0.25) is 0 Å². The van der Waals surface area contributed by atoms with E-state index >= 15 is 0 Å². The molecule has 1 heterocycles. The lowest BCUT2D eigenvalue weighted by molar-refractivity contribution is 0.405. The van der Waals surface area contributed by atoms with E-state index in [9.17, 15) is 0 Å². The van der Waals surface area contributed by atoms with E-state index in [1.54, 1.807) is 7.11 Å². The van der Waals surface area contributed by atoms with Gasteiger partial charge in [0, 0.05) is 10.9 Å². The first-order chi connectivity index (χ1) is 6.29. The Morgan fingerprint density at radius 2 is 2.38 bits per heavy atom. The summed E-state index contributed by atoms with van der Waals surface area (Å²) in [6.07, 6.45) is 1.43. The molecular weight excluding hydrogens is 232 g/mol. The molecule has 1 aromatic rings. The summed E-state index contributed by atoms with van der Waals surface area (Å²) in [7, 11) is 1.67. The summed E-state index contributed by atoms with van der Waals surface area (Å²) >= 11 is 3.51. The Labute approximate surface area is 86.0 Å². The van der Waals surface area contributed by atoms with E-state index < -0.39 is 0 Å². The fourth-order valence-corrected chi connectivity index (χ4v) is 1.77. The summed E-state index contributed by atoms with van der Waals surface area (Å²) < 4.78 is 11.4. The molecule has 1 atom stereocenters. The van der Waals surface area contributed by atoms with Crippen molar-refractivity contribution in [1.29, 1.82) is 0 Å². The van der Waals surface area contributed by atoms with Gasteiger partial charge in [-0.3, -0.25) is 0 Å². The summed E-state index contributed by atoms with van der Waals surface area (Å²) in [6, 6.07) is 6.03. The number of ether oxygens (including phenoxy) is 2. The minimum Gasteiger partial charge on any atom is -0.497 e. The predicted molar refractivity (Wildman–Crippen MR) is 54.1 cm³/mol. The molecular formula is C10H11BrO2. The van der Waals surface area contributed by atoms with Crippen molar-refractivity contribution in [1.82, 2.24) is 0 Å². The fraction of sp³-hybridized carbons (Fsp3) is 0.400. The normalized spacial score (nSPS) is 20.0. The summed E-state index contributed by atoms with van der Waals surface area (Å²) in [4.78, 5) is 0. The van der Waals surface area contributed by atoms with E-state index in [4.69, 9.17) is 9.47 Å². The highest BCUT2D eigenvalue weighted by atomic mass is 79.9. The summed E-state index contributed by atoms with van der Waals surface area (Å²) in [5.41, 5.74) is 1.28. The molecule has 0 radical (unpaired) electrons. The Morgan fingerprint density at radius 3 is 2.92 bits per heavy atom. The van der Waals surface area contributed by atoms with E-state index in [0.717, 1.165) is 23.2 Å². The van der Waals surface area contributed by atoms with Gasteiger partial charge in [0.1, 0.15) is 5.75 Å². The number of methoxy groups -OCH3 is 1. The summed E-state index contributed by atoms with van der Waals surface area (Å²) in [5, 5.41) is 0. The number of halogens is 1. The summed E-state index contributed by atoms with van der Waals surface area (Å²) in [6.45, 7) is 0.901. The molecule has 0 aliphatic carbocycles. The van der Waals surface area contributed by atoms with Gasteiger partial charge in [-0.2, -0.15) is 0 Å². The minimum absolute atomic E-state index is 0.435. The standard InChI is InChI=1S/C10H11BrO2/c1-12-8-3-2-7(10(11)5-8)4-9-6-13-9/h2-3,5,9H,4,6H2,1H3. The Bertz CT molecular complexity index is 308. The van der Waals surface area contributed by atoms with Gasteiger partial charge in [-0.15, -0.1) is 0 Å². The van der Waals surface area contributed by atoms with Crippen molar-refractivity contribution in [3.63, 3.8) is 0 Å². The molecule has 3 heteroatoms. The van der Waals surface area contributed by atoms with E-state index in [1.807, 2.05) is 12.1 Å². The number of hydrogen-bond donors (Lipinski definition) is 0. The number of hydrogen-bond acceptors (Lipinski definition) is 2. The zero-order valence-electron chi connectivity index (χ0n) is 7.42. The molecule has 70 valence electrons. The maximum Gasteiger partial charge on any atom is 0.120 e. The van der Waals surface area contributed by atoms with Gasteiger partial charge in [0.2, 0.25) is 0 Å². The zero-order valence-corrected chi connectivity index (χ0v) is 9.00. The van der Waals surface area contributed by atoms with Gasteiger partial charge in [-0.1, -0.05) is 22.0 Å². The summed E-state index contributed by atoms with van der Waals surface area (Å²) in [5.74, 6) is 0.882. The lowest BCUT2D eigenvalue weighted by atomic mass is 10.1. The van der Waals surface area contributed by atoms with Crippen molar-refractivity contribution in [3.05, 3.63) is 28.2 Å². The quantitative estimate of drug-likeness (QED) is 0.760. The molecule has 1 fully saturated rings. The highest BCUT2D eigenvalue weighted by Gasteiger charge is 2.23. The highest BCUT2D eigenvalue weighted by molar-refractivity contribution is 9.10. The third-order valence-corrected chi connectivity index (χ3v) is 2.85. The Kier molecular flexibility index (Phi) is 2.56. The van der Waals surface area contributed by atoms with Crippen LogP contribution in [0.15, 0.2) is 22.7 Å². The fourth-order valence-electron chi connectivity index (χ4n) is 1.25. The largest absolute Gasteiger partial charge is 0.497 e. The molecule has 2 nitrogen and oxygen atoms in total. The molecule has 0 N–H and O–H groups in total. The highest BCUT2D eigenvalue weighted by Crippen LogP contribution is 2.26. The van der Waals surface area contributed by atoms with Crippen LogP contribution in [0.5, 0.6) is 5.75 Å². The van der Waals surface area contributed by atoms with Crippen LogP contribution in [0, 0.1) is 0 Å². The second-order valence-electron chi connectivity index (χ2n) is 3.12. The molecule has 13 heavy (non-hydrogen) atoms. The molecule has 2 rings (SSSR count). The first-order valence-corrected chi connectivity index (χ1v) is 5.03. The van der Waals surface area contributed by atoms with Gasteiger partial charge in [0.05, 0.1) is 19.8 Å². The SMILES string of the molecule is COc1ccc(CC2CO2)c(Br)c1. The second kappa shape index (κ2) is 3.68. The van der Waals surface area contributed by atoms with Gasteiger partial charge in [0.25, 0.3) is 0 Å². The Morgan fingerprint density at radius 1 is 1.62 bits per heavy atom. The lowest BCUT2D eigenvalue weighted by Gasteiger charge is -2.04. The van der Waals surface area contributed by atoms with Crippen LogP contribution in [0.4, 0.5) is 0 Å². The molecule has 0 saturated carbocycles. The van der Waals surface area contributed by atoms with Crippen LogP contribution in [-0.4, -0.2) is 19.8 Å². The topological polar surface area (TPSA) is 21.8 Å². The van der Waals surface area contributed by atoms with Crippen molar-refractivity contribution < 1.29 is 9.47 Å². The Balaban J connectivity index is 2.15. The van der Waals surface area contributed by atoms with Crippen LogP contribution < -0.4 is 4.74 Å². The van der Waals surface area contributed by atoms with Crippen LogP contribution in [-0.2, 0) is 11.2 Å². The molecule has 1 unspecified atom stereocenters. The smallest absolute Gasteiger partial charge is 0.120 e. The van der Waals surface area contributed by atoms with E-state index in [1.165, 1.54) is 5.56 Å². The zero-order chi connectivity index (χ0) is 9.26. The molecule has 1 aromatic carbocycles. The lowest BCUT2D eigenvalue weighted by Crippen LogP contribution is -1.94. The van der Waals surface area contributed by atoms with Gasteiger partial charge in [0.15, 0.2) is 0 Å². The maximum absolute atomic E-state index is 5.17. The molecule has 1 aliphatic rings. The van der Waals surface area contributed by atoms with Gasteiger partial charge >= 0.3 is 0 Å². The molecule has 1 aliphatic heterocycles. The van der Waals surface area contributed by atoms with Crippen molar-refractivity contribution >= 4 is 15.9 Å². The average Bonchev–Trinajstić information content (AvgIpc) is 2.92. The molecule has 0 spiro atoms. The van der Waals surface area contributed by atoms with Crippen molar-refractivity contribution in [2.45, 2.75) is 12.5 Å². The molecule has 0 bridgehead atoms. The molecule has 1 saturated heterocycles. The number of benzene rings is 1. The molecule has 0 amide bonds. The minimum atomic E-state index is 0.435. The van der Waals surface area contributed by atoms with E-state index in [2.05, 4.69) is 22.0 Å². The first-order valence-electron chi connectivity index (χ1n) is 4.23. The number of epoxide rings is 1. The third-order valence-electron chi connectivity index (χ3n) is 2.11. The third kappa shape index (κ3) is 2.23. The first kappa shape index (κ1) is 9.03. The second-order valence-corrected chi connectivity index (χ2v) is 3.97. The Hall–Kier alpha value is -0.540. The van der Waals surface area contributed by atoms with Gasteiger partial charge in [-0.05, 0) is 17.7 Å². The maximum atomic E-state index is 5.17. The van der Waals surface area contributed by atoms with Crippen LogP contribution in [0.25, 0.3) is 0 Å². The predicted octanol–water partition coefficient (Wildman–Crippen LogP) is 2.40.